The zero-order valence-corrected chi connectivity index (χ0v) is 15.8. The van der Waals surface area contributed by atoms with Crippen LogP contribution in [0.2, 0.25) is 0 Å². The van der Waals surface area contributed by atoms with Gasteiger partial charge in [0, 0.05) is 5.39 Å². The van der Waals surface area contributed by atoms with Crippen LogP contribution in [0.3, 0.4) is 0 Å². The molecule has 1 N–H and O–H groups in total. The Kier molecular flexibility index (Phi) is 3.59. The third kappa shape index (κ3) is 2.17. The van der Waals surface area contributed by atoms with E-state index < -0.39 is 0 Å². The van der Waals surface area contributed by atoms with Crippen LogP contribution >= 0.6 is 0 Å². The van der Waals surface area contributed by atoms with E-state index in [2.05, 4.69) is 0 Å². The number of pyridine rings is 1. The van der Waals surface area contributed by atoms with Crippen LogP contribution in [-0.4, -0.2) is 40.0 Å². The van der Waals surface area contributed by atoms with Gasteiger partial charge in [-0.3, -0.25) is 9.59 Å². The Bertz CT molecular complexity index is 1130. The van der Waals surface area contributed by atoms with Gasteiger partial charge in [-0.1, -0.05) is 13.8 Å². The van der Waals surface area contributed by atoms with Crippen LogP contribution in [0.5, 0.6) is 5.75 Å². The zero-order valence-electron chi connectivity index (χ0n) is 15.8. The van der Waals surface area contributed by atoms with E-state index in [-0.39, 0.29) is 30.2 Å². The van der Waals surface area contributed by atoms with Gasteiger partial charge in [0.2, 0.25) is 0 Å². The zero-order chi connectivity index (χ0) is 19.6. The molecule has 1 amide bonds. The molecule has 1 aromatic heterocycles. The number of hydrogen-bond acceptors (Lipinski definition) is 5. The second-order valence-corrected chi connectivity index (χ2v) is 7.42. The Labute approximate surface area is 162 Å². The number of phenolic OH excluding ortho intramolecular Hbond substituents is 1. The average Bonchev–Trinajstić information content (AvgIpc) is 2.96. The fourth-order valence-electron chi connectivity index (χ4n) is 4.56. The van der Waals surface area contributed by atoms with Gasteiger partial charge in [-0.05, 0) is 53.8 Å². The highest BCUT2D eigenvalue weighted by Gasteiger charge is 2.42. The Hall–Kier alpha value is -3.15. The molecule has 5 rings (SSSR count). The number of carbonyl (C=O) groups is 2. The van der Waals surface area contributed by atoms with Crippen molar-refractivity contribution in [1.29, 1.82) is 0 Å². The Morgan fingerprint density at radius 1 is 1.29 bits per heavy atom. The van der Waals surface area contributed by atoms with Crippen LogP contribution < -0.4 is 0 Å². The number of aryl methyl sites for hydroxylation is 1. The minimum Gasteiger partial charge on any atom is -0.508 e. The summed E-state index contributed by atoms with van der Waals surface area (Å²) < 4.78 is 5.33. The first-order valence-electron chi connectivity index (χ1n) is 9.61. The molecule has 0 saturated heterocycles. The lowest BCUT2D eigenvalue weighted by Gasteiger charge is -2.32. The number of fused-ring (bicyclic) bond motifs is 4. The van der Waals surface area contributed by atoms with E-state index in [9.17, 15) is 14.7 Å². The van der Waals surface area contributed by atoms with E-state index in [4.69, 9.17) is 9.72 Å². The normalized spacial score (nSPS) is 20.7. The number of phenols is 1. The highest BCUT2D eigenvalue weighted by molar-refractivity contribution is 6.13. The van der Waals surface area contributed by atoms with E-state index in [1.54, 1.807) is 23.1 Å². The minimum absolute atomic E-state index is 0.0765. The Morgan fingerprint density at radius 3 is 2.86 bits per heavy atom. The summed E-state index contributed by atoms with van der Waals surface area (Å²) in [5, 5.41) is 10.7. The van der Waals surface area contributed by atoms with Crippen LogP contribution in [0, 0.1) is 5.92 Å². The number of allylic oxidation sites excluding steroid dienone is 1. The lowest BCUT2D eigenvalue weighted by molar-refractivity contribution is -0.147. The molecule has 6 nitrogen and oxygen atoms in total. The lowest BCUT2D eigenvalue weighted by atomic mass is 9.87. The van der Waals surface area contributed by atoms with Gasteiger partial charge in [-0.2, -0.15) is 0 Å². The third-order valence-electron chi connectivity index (χ3n) is 5.93. The SMILES string of the molecule is CCc1c2c(nc3ccc(O)cc13)C1=CC3=C(COC(=O)C3CC)CN1C2=O. The van der Waals surface area contributed by atoms with Crippen LogP contribution in [-0.2, 0) is 16.0 Å². The molecule has 2 aromatic rings. The highest BCUT2D eigenvalue weighted by atomic mass is 16.5. The second kappa shape index (κ2) is 5.92. The molecular weight excluding hydrogens is 356 g/mol. The number of nitrogens with zero attached hydrogens (tertiary/aromatic N) is 2. The predicted molar refractivity (Wildman–Crippen MR) is 104 cm³/mol. The molecular formula is C22H20N2O4. The number of benzene rings is 1. The first kappa shape index (κ1) is 17.0. The molecule has 0 bridgehead atoms. The molecule has 6 heteroatoms. The largest absolute Gasteiger partial charge is 0.508 e. The molecule has 1 unspecified atom stereocenters. The number of aromatic nitrogens is 1. The summed E-state index contributed by atoms with van der Waals surface area (Å²) in [5.41, 5.74) is 5.63. The van der Waals surface area contributed by atoms with Gasteiger partial charge in [0.1, 0.15) is 18.1 Å². The van der Waals surface area contributed by atoms with Crippen LogP contribution in [0.4, 0.5) is 0 Å². The average molecular weight is 376 g/mol. The number of carbonyl (C=O) groups excluding carboxylic acids is 2. The smallest absolute Gasteiger partial charge is 0.313 e. The standard InChI is InChI=1S/C22H20N2O4/c1-3-13-16-7-12(25)5-6-17(16)23-20-18-8-15-11(9-24(18)21(26)19(13)20)10-28-22(27)14(15)4-2/h5-8,14,25H,3-4,9-10H2,1-2H3. The van der Waals surface area contributed by atoms with Crippen LogP contribution in [0.25, 0.3) is 16.6 Å². The molecule has 0 radical (unpaired) electrons. The van der Waals surface area contributed by atoms with Crippen molar-refractivity contribution in [2.24, 2.45) is 5.92 Å². The fraction of sp³-hybridized carbons (Fsp3) is 0.318. The fourth-order valence-corrected chi connectivity index (χ4v) is 4.56. The maximum absolute atomic E-state index is 13.3. The molecule has 3 aliphatic rings. The molecule has 28 heavy (non-hydrogen) atoms. The van der Waals surface area contributed by atoms with Gasteiger partial charge in [0.05, 0.1) is 29.2 Å². The van der Waals surface area contributed by atoms with Gasteiger partial charge in [-0.15, -0.1) is 0 Å². The van der Waals surface area contributed by atoms with E-state index in [0.717, 1.165) is 33.3 Å². The maximum Gasteiger partial charge on any atom is 0.313 e. The minimum atomic E-state index is -0.291. The first-order valence-corrected chi connectivity index (χ1v) is 9.61. The number of cyclic esters (lactones) is 1. The van der Waals surface area contributed by atoms with Crippen molar-refractivity contribution in [2.45, 2.75) is 26.7 Å². The van der Waals surface area contributed by atoms with Crippen molar-refractivity contribution in [3.8, 4) is 5.75 Å². The quantitative estimate of drug-likeness (QED) is 0.815. The maximum atomic E-state index is 13.3. The molecule has 0 aliphatic carbocycles. The van der Waals surface area contributed by atoms with E-state index in [0.29, 0.717) is 30.6 Å². The van der Waals surface area contributed by atoms with E-state index >= 15 is 0 Å². The van der Waals surface area contributed by atoms with Crippen molar-refractivity contribution >= 4 is 28.5 Å². The summed E-state index contributed by atoms with van der Waals surface area (Å²) in [6.45, 7) is 4.62. The summed E-state index contributed by atoms with van der Waals surface area (Å²) in [5.74, 6) is -0.412. The predicted octanol–water partition coefficient (Wildman–Crippen LogP) is 3.19. The summed E-state index contributed by atoms with van der Waals surface area (Å²) in [6.07, 6.45) is 3.27. The van der Waals surface area contributed by atoms with Crippen molar-refractivity contribution in [2.75, 3.05) is 13.2 Å². The summed E-state index contributed by atoms with van der Waals surface area (Å²) in [7, 11) is 0. The molecule has 1 atom stereocenters. The molecule has 0 spiro atoms. The van der Waals surface area contributed by atoms with Crippen LogP contribution in [0.15, 0.2) is 35.4 Å². The molecule has 1 aromatic carbocycles. The molecule has 3 aliphatic heterocycles. The Balaban J connectivity index is 1.75. The topological polar surface area (TPSA) is 79.7 Å². The number of hydrogen-bond donors (Lipinski definition) is 1. The van der Waals surface area contributed by atoms with Crippen molar-refractivity contribution in [3.05, 3.63) is 52.2 Å². The second-order valence-electron chi connectivity index (χ2n) is 7.42. The summed E-state index contributed by atoms with van der Waals surface area (Å²) >= 11 is 0. The third-order valence-corrected chi connectivity index (χ3v) is 5.93. The van der Waals surface area contributed by atoms with Gasteiger partial charge in [0.15, 0.2) is 0 Å². The van der Waals surface area contributed by atoms with Crippen molar-refractivity contribution in [1.82, 2.24) is 9.88 Å². The summed E-state index contributed by atoms with van der Waals surface area (Å²) in [4.78, 5) is 32.0. The molecule has 4 heterocycles. The molecule has 0 fully saturated rings. The number of rotatable bonds is 2. The van der Waals surface area contributed by atoms with Crippen molar-refractivity contribution < 1.29 is 19.4 Å². The lowest BCUT2D eigenvalue weighted by Crippen LogP contribution is -2.36. The number of esters is 1. The van der Waals surface area contributed by atoms with Gasteiger partial charge < -0.3 is 14.7 Å². The van der Waals surface area contributed by atoms with Gasteiger partial charge in [-0.25, -0.2) is 4.98 Å². The number of amides is 1. The van der Waals surface area contributed by atoms with E-state index in [1.807, 2.05) is 19.9 Å². The number of aromatic hydroxyl groups is 1. The van der Waals surface area contributed by atoms with Gasteiger partial charge in [0.25, 0.3) is 5.91 Å². The van der Waals surface area contributed by atoms with Crippen molar-refractivity contribution in [3.63, 3.8) is 0 Å². The van der Waals surface area contributed by atoms with Gasteiger partial charge >= 0.3 is 5.97 Å². The first-order chi connectivity index (χ1) is 13.5. The monoisotopic (exact) mass is 376 g/mol. The Morgan fingerprint density at radius 2 is 2.11 bits per heavy atom. The van der Waals surface area contributed by atoms with E-state index in [1.165, 1.54) is 0 Å². The van der Waals surface area contributed by atoms with Crippen LogP contribution in [0.1, 0.15) is 41.9 Å². The molecule has 142 valence electrons. The molecule has 0 saturated carbocycles. The highest BCUT2D eigenvalue weighted by Crippen LogP contribution is 2.43. The number of ether oxygens (including phenoxy) is 1. The summed E-state index contributed by atoms with van der Waals surface area (Å²) in [6, 6.07) is 5.05.